The first kappa shape index (κ1) is 34.6. The Hall–Kier alpha value is -4.28. The first-order chi connectivity index (χ1) is 23.0. The molecule has 1 saturated heterocycles. The van der Waals surface area contributed by atoms with E-state index in [1.54, 1.807) is 36.3 Å². The molecule has 3 amide bonds. The lowest BCUT2D eigenvalue weighted by Crippen LogP contribution is -2.49. The van der Waals surface area contributed by atoms with Gasteiger partial charge in [0, 0.05) is 62.0 Å². The molecule has 1 aliphatic carbocycles. The normalized spacial score (nSPS) is 19.2. The second kappa shape index (κ2) is 12.6. The average Bonchev–Trinajstić information content (AvgIpc) is 3.64. The van der Waals surface area contributed by atoms with Crippen LogP contribution in [0.1, 0.15) is 61.6 Å². The number of rotatable bonds is 9. The molecule has 260 valence electrons. The molecule has 1 aromatic carbocycles. The standard InChI is InChI=1S/C36H43F2N5O5Si/c1-35(2,3)43(34(46)47)31-28(38)20-30-29(39-31)19-25(41(30)22-48-16-17-49(4,5)6)21-42-32(44)26-18-24(37)11-12-27(26)36(42)13-15-40(33(36)45)14-7-8-23-9-10-23/h11-12,18-20,23H,9-10,13-17,21-22H2,1-6H3,(H,46,47)/t36-/m0/s1. The predicted molar refractivity (Wildman–Crippen MR) is 184 cm³/mol. The van der Waals surface area contributed by atoms with E-state index < -0.39 is 42.8 Å². The number of anilines is 1. The van der Waals surface area contributed by atoms with Crippen LogP contribution in [0.15, 0.2) is 30.3 Å². The summed E-state index contributed by atoms with van der Waals surface area (Å²) in [6, 6.07) is 7.75. The van der Waals surface area contributed by atoms with E-state index in [0.717, 1.165) is 23.8 Å². The van der Waals surface area contributed by atoms with Crippen LogP contribution in [0.2, 0.25) is 25.7 Å². The minimum absolute atomic E-state index is 0.0130. The molecule has 2 aromatic heterocycles. The van der Waals surface area contributed by atoms with E-state index in [0.29, 0.717) is 47.8 Å². The topological polar surface area (TPSA) is 108 Å². The molecule has 49 heavy (non-hydrogen) atoms. The molecule has 10 nitrogen and oxygen atoms in total. The lowest BCUT2D eigenvalue weighted by Gasteiger charge is -2.34. The van der Waals surface area contributed by atoms with Crippen LogP contribution in [0.4, 0.5) is 19.4 Å². The molecule has 3 aromatic rings. The zero-order chi connectivity index (χ0) is 35.5. The lowest BCUT2D eigenvalue weighted by atomic mass is 9.87. The fourth-order valence-corrected chi connectivity index (χ4v) is 7.44. The molecular formula is C36H43F2N5O5Si. The van der Waals surface area contributed by atoms with Crippen molar-refractivity contribution in [2.45, 2.75) is 90.1 Å². The number of likely N-dealkylation sites (tertiary alicyclic amines) is 1. The minimum Gasteiger partial charge on any atom is -0.465 e. The quantitative estimate of drug-likeness (QED) is 0.158. The van der Waals surface area contributed by atoms with Crippen molar-refractivity contribution in [1.29, 1.82) is 0 Å². The lowest BCUT2D eigenvalue weighted by molar-refractivity contribution is -0.136. The fourth-order valence-electron chi connectivity index (χ4n) is 6.68. The summed E-state index contributed by atoms with van der Waals surface area (Å²) in [7, 11) is -1.44. The zero-order valence-corrected chi connectivity index (χ0v) is 29.9. The van der Waals surface area contributed by atoms with E-state index in [-0.39, 0.29) is 37.1 Å². The highest BCUT2D eigenvalue weighted by atomic mass is 28.3. The molecule has 2 fully saturated rings. The van der Waals surface area contributed by atoms with E-state index in [1.807, 2.05) is 0 Å². The van der Waals surface area contributed by atoms with Gasteiger partial charge < -0.3 is 24.2 Å². The van der Waals surface area contributed by atoms with E-state index in [4.69, 9.17) is 4.74 Å². The zero-order valence-electron chi connectivity index (χ0n) is 28.9. The number of halogens is 2. The van der Waals surface area contributed by atoms with E-state index >= 15 is 4.39 Å². The summed E-state index contributed by atoms with van der Waals surface area (Å²) in [6.45, 7) is 12.6. The van der Waals surface area contributed by atoms with E-state index in [2.05, 4.69) is 36.5 Å². The number of hydrogen-bond donors (Lipinski definition) is 1. The third-order valence-electron chi connectivity index (χ3n) is 9.42. The summed E-state index contributed by atoms with van der Waals surface area (Å²) in [5.41, 5.74) is -0.641. The number of carbonyl (C=O) groups excluding carboxylic acids is 2. The number of ether oxygens (including phenoxy) is 1. The van der Waals surface area contributed by atoms with E-state index in [9.17, 15) is 23.9 Å². The second-order valence-electron chi connectivity index (χ2n) is 15.4. The molecule has 6 rings (SSSR count). The molecule has 3 aliphatic rings. The van der Waals surface area contributed by atoms with Gasteiger partial charge in [-0.1, -0.05) is 37.5 Å². The van der Waals surface area contributed by atoms with Gasteiger partial charge in [-0.2, -0.15) is 0 Å². The number of aromatic nitrogens is 2. The highest BCUT2D eigenvalue weighted by Crippen LogP contribution is 2.47. The number of amides is 3. The molecule has 0 unspecified atom stereocenters. The highest BCUT2D eigenvalue weighted by Gasteiger charge is 2.59. The fraction of sp³-hybridized carbons (Fsp3) is 0.500. The number of fused-ring (bicyclic) bond motifs is 3. The van der Waals surface area contributed by atoms with Gasteiger partial charge in [0.15, 0.2) is 17.2 Å². The molecule has 1 spiro atoms. The van der Waals surface area contributed by atoms with Gasteiger partial charge in [0.05, 0.1) is 24.1 Å². The van der Waals surface area contributed by atoms with Crippen LogP contribution in [0.25, 0.3) is 11.0 Å². The maximum absolute atomic E-state index is 15.8. The Kier molecular flexibility index (Phi) is 8.86. The summed E-state index contributed by atoms with van der Waals surface area (Å²) < 4.78 is 38.1. The maximum Gasteiger partial charge on any atom is 0.413 e. The van der Waals surface area contributed by atoms with Crippen LogP contribution in [0.3, 0.4) is 0 Å². The van der Waals surface area contributed by atoms with Gasteiger partial charge in [0.1, 0.15) is 12.5 Å². The Balaban J connectivity index is 1.43. The second-order valence-corrected chi connectivity index (χ2v) is 21.0. The third kappa shape index (κ3) is 6.56. The van der Waals surface area contributed by atoms with Crippen molar-refractivity contribution in [3.8, 4) is 11.8 Å². The van der Waals surface area contributed by atoms with Gasteiger partial charge in [-0.05, 0) is 57.9 Å². The number of pyridine rings is 1. The predicted octanol–water partition coefficient (Wildman–Crippen LogP) is 6.41. The molecule has 4 heterocycles. The van der Waals surface area contributed by atoms with Crippen molar-refractivity contribution in [1.82, 2.24) is 19.4 Å². The van der Waals surface area contributed by atoms with Crippen molar-refractivity contribution in [3.05, 3.63) is 58.8 Å². The van der Waals surface area contributed by atoms with Crippen LogP contribution in [0, 0.1) is 29.4 Å². The van der Waals surface area contributed by atoms with Crippen molar-refractivity contribution >= 4 is 42.8 Å². The van der Waals surface area contributed by atoms with Crippen LogP contribution in [-0.4, -0.2) is 75.7 Å². The molecule has 2 aliphatic heterocycles. The average molecular weight is 692 g/mol. The Morgan fingerprint density at radius 1 is 1.16 bits per heavy atom. The molecular weight excluding hydrogens is 649 g/mol. The van der Waals surface area contributed by atoms with Gasteiger partial charge in [-0.3, -0.25) is 14.5 Å². The molecule has 1 N–H and O–H groups in total. The Labute approximate surface area is 286 Å². The third-order valence-corrected chi connectivity index (χ3v) is 11.1. The largest absolute Gasteiger partial charge is 0.465 e. The van der Waals surface area contributed by atoms with Crippen molar-refractivity contribution < 1.29 is 33.0 Å². The van der Waals surface area contributed by atoms with Crippen LogP contribution >= 0.6 is 0 Å². The number of carbonyl (C=O) groups is 3. The first-order valence-corrected chi connectivity index (χ1v) is 20.4. The van der Waals surface area contributed by atoms with Crippen molar-refractivity contribution in [2.24, 2.45) is 5.92 Å². The Morgan fingerprint density at radius 3 is 2.55 bits per heavy atom. The van der Waals surface area contributed by atoms with Crippen LogP contribution in [0.5, 0.6) is 0 Å². The van der Waals surface area contributed by atoms with Gasteiger partial charge in [-0.15, -0.1) is 0 Å². The summed E-state index contributed by atoms with van der Waals surface area (Å²) in [6.07, 6.45) is 1.07. The highest BCUT2D eigenvalue weighted by molar-refractivity contribution is 6.76. The SMILES string of the molecule is CC(C)(C)N(C(=O)O)c1nc2cc(CN3C(=O)c4cc(F)ccc4[C@]34CCN(CC#CC3CC3)C4=O)n(COCC[Si](C)(C)C)c2cc1F. The van der Waals surface area contributed by atoms with Crippen molar-refractivity contribution in [2.75, 3.05) is 24.6 Å². The number of carboxylic acid groups (broad SMARTS) is 1. The molecule has 0 bridgehead atoms. The maximum atomic E-state index is 15.8. The smallest absolute Gasteiger partial charge is 0.413 e. The molecule has 13 heteroatoms. The minimum atomic E-state index is -1.44. The molecule has 0 radical (unpaired) electrons. The summed E-state index contributed by atoms with van der Waals surface area (Å²) >= 11 is 0. The van der Waals surface area contributed by atoms with Crippen molar-refractivity contribution in [3.63, 3.8) is 0 Å². The monoisotopic (exact) mass is 691 g/mol. The van der Waals surface area contributed by atoms with Crippen LogP contribution < -0.4 is 4.90 Å². The molecule has 1 atom stereocenters. The molecule has 1 saturated carbocycles. The number of hydrogen-bond acceptors (Lipinski definition) is 5. The Morgan fingerprint density at radius 2 is 1.90 bits per heavy atom. The van der Waals surface area contributed by atoms with Gasteiger partial charge in [0.2, 0.25) is 0 Å². The summed E-state index contributed by atoms with van der Waals surface area (Å²) in [5.74, 6) is 4.16. The van der Waals surface area contributed by atoms with E-state index in [1.165, 1.54) is 29.2 Å². The number of nitrogens with zero attached hydrogens (tertiary/aromatic N) is 5. The summed E-state index contributed by atoms with van der Waals surface area (Å²) in [5, 5.41) is 9.98. The first-order valence-electron chi connectivity index (χ1n) is 16.7. The van der Waals surface area contributed by atoms with Crippen LogP contribution in [-0.2, 0) is 28.3 Å². The Bertz CT molecular complexity index is 1900. The van der Waals surface area contributed by atoms with Gasteiger partial charge in [0.25, 0.3) is 11.8 Å². The summed E-state index contributed by atoms with van der Waals surface area (Å²) in [4.78, 5) is 49.2. The van der Waals surface area contributed by atoms with Gasteiger partial charge in [-0.25, -0.2) is 18.6 Å². The van der Waals surface area contributed by atoms with Gasteiger partial charge >= 0.3 is 6.09 Å². The number of benzene rings is 1.